The SMILES string of the molecule is CNCCC(=O)NC(c1ccc(Cl)cc1)C1CC1.Cl. The number of carbonyl (C=O) groups is 1. The van der Waals surface area contributed by atoms with E-state index in [0.717, 1.165) is 10.6 Å². The standard InChI is InChI=1S/C14H19ClN2O.ClH/c1-16-9-8-13(18)17-14(10-2-3-10)11-4-6-12(15)7-5-11;/h4-7,10,14,16H,2-3,8-9H2,1H3,(H,17,18);1H. The number of halogens is 2. The van der Waals surface area contributed by atoms with Crippen LogP contribution in [-0.2, 0) is 4.79 Å². The van der Waals surface area contributed by atoms with Crippen LogP contribution in [0.3, 0.4) is 0 Å². The summed E-state index contributed by atoms with van der Waals surface area (Å²) >= 11 is 5.89. The molecule has 0 heterocycles. The smallest absolute Gasteiger partial charge is 0.221 e. The maximum Gasteiger partial charge on any atom is 0.221 e. The third-order valence-electron chi connectivity index (χ3n) is 3.24. The summed E-state index contributed by atoms with van der Waals surface area (Å²) in [5.41, 5.74) is 1.15. The van der Waals surface area contributed by atoms with Crippen LogP contribution in [0.1, 0.15) is 30.9 Å². The van der Waals surface area contributed by atoms with Gasteiger partial charge in [0.1, 0.15) is 0 Å². The number of carbonyl (C=O) groups excluding carboxylic acids is 1. The monoisotopic (exact) mass is 302 g/mol. The Hall–Kier alpha value is -0.770. The van der Waals surface area contributed by atoms with Gasteiger partial charge in [0.2, 0.25) is 5.91 Å². The summed E-state index contributed by atoms with van der Waals surface area (Å²) in [6, 6.07) is 7.91. The second-order valence-electron chi connectivity index (χ2n) is 4.79. The summed E-state index contributed by atoms with van der Waals surface area (Å²) in [6.45, 7) is 0.712. The first-order valence-electron chi connectivity index (χ1n) is 6.40. The first kappa shape index (κ1) is 16.3. The number of benzene rings is 1. The van der Waals surface area contributed by atoms with Crippen LogP contribution in [-0.4, -0.2) is 19.5 Å². The highest BCUT2D eigenvalue weighted by Gasteiger charge is 2.33. The fourth-order valence-electron chi connectivity index (χ4n) is 2.06. The molecule has 1 atom stereocenters. The molecule has 2 rings (SSSR count). The molecule has 1 unspecified atom stereocenters. The maximum absolute atomic E-state index is 11.8. The Morgan fingerprint density at radius 3 is 2.53 bits per heavy atom. The highest BCUT2D eigenvalue weighted by molar-refractivity contribution is 6.30. The molecule has 0 aliphatic heterocycles. The third-order valence-corrected chi connectivity index (χ3v) is 3.49. The van der Waals surface area contributed by atoms with E-state index >= 15 is 0 Å². The zero-order valence-corrected chi connectivity index (χ0v) is 12.6. The van der Waals surface area contributed by atoms with Gasteiger partial charge in [0, 0.05) is 18.0 Å². The Balaban J connectivity index is 0.00000180. The van der Waals surface area contributed by atoms with E-state index in [1.165, 1.54) is 12.8 Å². The number of rotatable bonds is 6. The van der Waals surface area contributed by atoms with Crippen molar-refractivity contribution in [3.05, 3.63) is 34.9 Å². The maximum atomic E-state index is 11.8. The van der Waals surface area contributed by atoms with Crippen molar-refractivity contribution < 1.29 is 4.79 Å². The molecule has 1 amide bonds. The van der Waals surface area contributed by atoms with Gasteiger partial charge in [-0.2, -0.15) is 0 Å². The molecular weight excluding hydrogens is 283 g/mol. The summed E-state index contributed by atoms with van der Waals surface area (Å²) in [7, 11) is 1.85. The van der Waals surface area contributed by atoms with Crippen molar-refractivity contribution in [2.24, 2.45) is 5.92 Å². The molecule has 106 valence electrons. The predicted octanol–water partition coefficient (Wildman–Crippen LogP) is 2.94. The molecule has 0 saturated heterocycles. The highest BCUT2D eigenvalue weighted by atomic mass is 35.5. The lowest BCUT2D eigenvalue weighted by molar-refractivity contribution is -0.121. The quantitative estimate of drug-likeness (QED) is 0.848. The molecule has 19 heavy (non-hydrogen) atoms. The van der Waals surface area contributed by atoms with Gasteiger partial charge in [0.05, 0.1) is 6.04 Å². The highest BCUT2D eigenvalue weighted by Crippen LogP contribution is 2.41. The first-order chi connectivity index (χ1) is 8.70. The normalized spacial score (nSPS) is 15.5. The molecule has 0 radical (unpaired) electrons. The fraction of sp³-hybridized carbons (Fsp3) is 0.500. The molecule has 1 fully saturated rings. The van der Waals surface area contributed by atoms with E-state index in [9.17, 15) is 4.79 Å². The lowest BCUT2D eigenvalue weighted by Gasteiger charge is -2.19. The summed E-state index contributed by atoms with van der Waals surface area (Å²) < 4.78 is 0. The lowest BCUT2D eigenvalue weighted by atomic mass is 10.0. The van der Waals surface area contributed by atoms with Crippen molar-refractivity contribution in [2.45, 2.75) is 25.3 Å². The lowest BCUT2D eigenvalue weighted by Crippen LogP contribution is -2.31. The molecule has 1 aromatic carbocycles. The molecule has 1 saturated carbocycles. The molecule has 2 N–H and O–H groups in total. The molecule has 5 heteroatoms. The zero-order chi connectivity index (χ0) is 13.0. The molecule has 1 aliphatic carbocycles. The molecule has 3 nitrogen and oxygen atoms in total. The van der Waals surface area contributed by atoms with E-state index in [0.29, 0.717) is 18.9 Å². The van der Waals surface area contributed by atoms with E-state index < -0.39 is 0 Å². The van der Waals surface area contributed by atoms with Gasteiger partial charge in [-0.3, -0.25) is 4.79 Å². The van der Waals surface area contributed by atoms with E-state index in [1.807, 2.05) is 31.3 Å². The van der Waals surface area contributed by atoms with Crippen LogP contribution in [0.4, 0.5) is 0 Å². The number of hydrogen-bond acceptors (Lipinski definition) is 2. The van der Waals surface area contributed by atoms with Gasteiger partial charge in [-0.05, 0) is 43.5 Å². The van der Waals surface area contributed by atoms with Crippen molar-refractivity contribution in [3.63, 3.8) is 0 Å². The van der Waals surface area contributed by atoms with Gasteiger partial charge in [-0.15, -0.1) is 12.4 Å². The van der Waals surface area contributed by atoms with E-state index in [1.54, 1.807) is 0 Å². The molecule has 0 spiro atoms. The van der Waals surface area contributed by atoms with Gasteiger partial charge < -0.3 is 10.6 Å². The van der Waals surface area contributed by atoms with Gasteiger partial charge >= 0.3 is 0 Å². The Morgan fingerprint density at radius 1 is 1.37 bits per heavy atom. The average molecular weight is 303 g/mol. The Morgan fingerprint density at radius 2 is 2.00 bits per heavy atom. The number of amides is 1. The number of hydrogen-bond donors (Lipinski definition) is 2. The van der Waals surface area contributed by atoms with Gasteiger partial charge in [-0.1, -0.05) is 23.7 Å². The molecule has 0 bridgehead atoms. The van der Waals surface area contributed by atoms with Crippen LogP contribution in [0.2, 0.25) is 5.02 Å². The fourth-order valence-corrected chi connectivity index (χ4v) is 2.18. The minimum absolute atomic E-state index is 0. The van der Waals surface area contributed by atoms with Crippen molar-refractivity contribution in [1.29, 1.82) is 0 Å². The van der Waals surface area contributed by atoms with Crippen LogP contribution in [0.25, 0.3) is 0 Å². The molecule has 0 aromatic heterocycles. The van der Waals surface area contributed by atoms with Crippen molar-refractivity contribution in [1.82, 2.24) is 10.6 Å². The van der Waals surface area contributed by atoms with Crippen LogP contribution < -0.4 is 10.6 Å². The van der Waals surface area contributed by atoms with Gasteiger partial charge in [-0.25, -0.2) is 0 Å². The second kappa shape index (κ2) is 7.73. The average Bonchev–Trinajstić information content (AvgIpc) is 3.19. The predicted molar refractivity (Wildman–Crippen MR) is 80.9 cm³/mol. The second-order valence-corrected chi connectivity index (χ2v) is 5.22. The minimum atomic E-state index is 0. The van der Waals surface area contributed by atoms with Crippen molar-refractivity contribution >= 4 is 29.9 Å². The largest absolute Gasteiger partial charge is 0.349 e. The van der Waals surface area contributed by atoms with Crippen LogP contribution in [0, 0.1) is 5.92 Å². The Labute approximate surface area is 125 Å². The summed E-state index contributed by atoms with van der Waals surface area (Å²) in [5, 5.41) is 6.84. The van der Waals surface area contributed by atoms with Crippen molar-refractivity contribution in [3.8, 4) is 0 Å². The topological polar surface area (TPSA) is 41.1 Å². The van der Waals surface area contributed by atoms with Crippen LogP contribution in [0.5, 0.6) is 0 Å². The van der Waals surface area contributed by atoms with Crippen LogP contribution in [0.15, 0.2) is 24.3 Å². The minimum Gasteiger partial charge on any atom is -0.349 e. The Bertz CT molecular complexity index is 404. The number of nitrogens with one attached hydrogen (secondary N) is 2. The summed E-state index contributed by atoms with van der Waals surface area (Å²) in [4.78, 5) is 11.8. The molecule has 1 aliphatic rings. The van der Waals surface area contributed by atoms with E-state index in [-0.39, 0.29) is 24.4 Å². The van der Waals surface area contributed by atoms with Crippen molar-refractivity contribution in [2.75, 3.05) is 13.6 Å². The van der Waals surface area contributed by atoms with E-state index in [2.05, 4.69) is 10.6 Å². The van der Waals surface area contributed by atoms with Gasteiger partial charge in [0.25, 0.3) is 0 Å². The summed E-state index contributed by atoms with van der Waals surface area (Å²) in [5.74, 6) is 0.695. The Kier molecular flexibility index (Phi) is 6.63. The molecular formula is C14H20Cl2N2O. The van der Waals surface area contributed by atoms with E-state index in [4.69, 9.17) is 11.6 Å². The summed E-state index contributed by atoms with van der Waals surface area (Å²) in [6.07, 6.45) is 2.91. The molecule has 1 aromatic rings. The first-order valence-corrected chi connectivity index (χ1v) is 6.78. The zero-order valence-electron chi connectivity index (χ0n) is 11.0. The van der Waals surface area contributed by atoms with Gasteiger partial charge in [0.15, 0.2) is 0 Å². The third kappa shape index (κ3) is 5.01. The van der Waals surface area contributed by atoms with Crippen LogP contribution >= 0.6 is 24.0 Å².